The van der Waals surface area contributed by atoms with Crippen molar-refractivity contribution in [2.75, 3.05) is 19.7 Å². The van der Waals surface area contributed by atoms with Crippen LogP contribution in [0, 0.1) is 6.92 Å². The van der Waals surface area contributed by atoms with Crippen LogP contribution in [0.2, 0.25) is 0 Å². The summed E-state index contributed by atoms with van der Waals surface area (Å²) in [4.78, 5) is 18.7. The molecule has 0 aromatic carbocycles. The van der Waals surface area contributed by atoms with E-state index in [9.17, 15) is 4.79 Å². The van der Waals surface area contributed by atoms with E-state index in [2.05, 4.69) is 15.2 Å². The summed E-state index contributed by atoms with van der Waals surface area (Å²) in [6, 6.07) is 2.00. The SMILES string of the molecule is Cc1nc([C@H]2CN(C(=O)[C@@H](C)c3ccsc3)CCO2)n[nH]1. The Morgan fingerprint density at radius 3 is 3.14 bits per heavy atom. The van der Waals surface area contributed by atoms with E-state index in [1.165, 1.54) is 0 Å². The van der Waals surface area contributed by atoms with Gasteiger partial charge in [-0.05, 0) is 36.2 Å². The summed E-state index contributed by atoms with van der Waals surface area (Å²) in [6.45, 7) is 5.44. The molecule has 0 aliphatic carbocycles. The predicted octanol–water partition coefficient (Wildman–Crippen LogP) is 1.88. The summed E-state index contributed by atoms with van der Waals surface area (Å²) in [5, 5.41) is 11.0. The van der Waals surface area contributed by atoms with E-state index >= 15 is 0 Å². The third-order valence-corrected chi connectivity index (χ3v) is 4.40. The van der Waals surface area contributed by atoms with Crippen molar-refractivity contribution >= 4 is 17.2 Å². The minimum Gasteiger partial charge on any atom is -0.366 e. The fourth-order valence-electron chi connectivity index (χ4n) is 2.45. The van der Waals surface area contributed by atoms with Crippen molar-refractivity contribution in [1.29, 1.82) is 0 Å². The van der Waals surface area contributed by atoms with Crippen LogP contribution in [0.3, 0.4) is 0 Å². The molecule has 2 atom stereocenters. The quantitative estimate of drug-likeness (QED) is 0.940. The lowest BCUT2D eigenvalue weighted by Crippen LogP contribution is -2.44. The lowest BCUT2D eigenvalue weighted by molar-refractivity contribution is -0.140. The van der Waals surface area contributed by atoms with Gasteiger partial charge < -0.3 is 9.64 Å². The number of aryl methyl sites for hydroxylation is 1. The first-order valence-electron chi connectivity index (χ1n) is 6.96. The normalized spacial score (nSPS) is 20.5. The van der Waals surface area contributed by atoms with Gasteiger partial charge in [0.1, 0.15) is 11.9 Å². The molecular weight excluding hydrogens is 288 g/mol. The maximum atomic E-state index is 12.6. The highest BCUT2D eigenvalue weighted by atomic mass is 32.1. The van der Waals surface area contributed by atoms with E-state index < -0.39 is 0 Å². The smallest absolute Gasteiger partial charge is 0.230 e. The molecule has 1 aliphatic rings. The number of morpholine rings is 1. The standard InChI is InChI=1S/C14H18N4O2S/c1-9(11-3-6-21-8-11)14(19)18-4-5-20-12(7-18)13-15-10(2)16-17-13/h3,6,8-9,12H,4-5,7H2,1-2H3,(H,15,16,17)/t9-,12+/m0/s1. The molecule has 2 aromatic rings. The van der Waals surface area contributed by atoms with Crippen molar-refractivity contribution in [3.8, 4) is 0 Å². The minimum absolute atomic E-state index is 0.121. The van der Waals surface area contributed by atoms with Gasteiger partial charge in [-0.1, -0.05) is 0 Å². The van der Waals surface area contributed by atoms with Crippen molar-refractivity contribution in [3.63, 3.8) is 0 Å². The predicted molar refractivity (Wildman–Crippen MR) is 79.1 cm³/mol. The topological polar surface area (TPSA) is 71.1 Å². The number of aromatic amines is 1. The Morgan fingerprint density at radius 1 is 1.62 bits per heavy atom. The monoisotopic (exact) mass is 306 g/mol. The van der Waals surface area contributed by atoms with Gasteiger partial charge in [0.15, 0.2) is 5.82 Å². The molecule has 0 saturated carbocycles. The summed E-state index contributed by atoms with van der Waals surface area (Å²) in [5.41, 5.74) is 1.07. The molecule has 1 fully saturated rings. The number of ether oxygens (including phenoxy) is 1. The molecule has 2 aromatic heterocycles. The van der Waals surface area contributed by atoms with Gasteiger partial charge in [0.2, 0.25) is 5.91 Å². The van der Waals surface area contributed by atoms with Gasteiger partial charge in [0.25, 0.3) is 0 Å². The molecule has 0 radical (unpaired) electrons. The number of nitrogens with one attached hydrogen (secondary N) is 1. The molecule has 0 unspecified atom stereocenters. The zero-order chi connectivity index (χ0) is 14.8. The maximum Gasteiger partial charge on any atom is 0.230 e. The number of carbonyl (C=O) groups is 1. The second-order valence-corrected chi connectivity index (χ2v) is 5.98. The second-order valence-electron chi connectivity index (χ2n) is 5.20. The number of aromatic nitrogens is 3. The van der Waals surface area contributed by atoms with Crippen LogP contribution in [0.4, 0.5) is 0 Å². The van der Waals surface area contributed by atoms with E-state index in [1.807, 2.05) is 35.6 Å². The van der Waals surface area contributed by atoms with Crippen LogP contribution < -0.4 is 0 Å². The van der Waals surface area contributed by atoms with Gasteiger partial charge in [0, 0.05) is 6.54 Å². The summed E-state index contributed by atoms with van der Waals surface area (Å²) in [7, 11) is 0. The molecule has 1 amide bonds. The molecule has 0 spiro atoms. The van der Waals surface area contributed by atoms with E-state index in [4.69, 9.17) is 4.74 Å². The highest BCUT2D eigenvalue weighted by Gasteiger charge is 2.30. The van der Waals surface area contributed by atoms with Crippen LogP contribution in [0.1, 0.15) is 36.2 Å². The van der Waals surface area contributed by atoms with Gasteiger partial charge in [-0.25, -0.2) is 4.98 Å². The Hall–Kier alpha value is -1.73. The first kappa shape index (κ1) is 14.2. The lowest BCUT2D eigenvalue weighted by Gasteiger charge is -2.33. The number of hydrogen-bond donors (Lipinski definition) is 1. The maximum absolute atomic E-state index is 12.6. The Bertz CT molecular complexity index is 610. The molecule has 1 N–H and O–H groups in total. The Morgan fingerprint density at radius 2 is 2.48 bits per heavy atom. The summed E-state index contributed by atoms with van der Waals surface area (Å²) in [6.07, 6.45) is -0.248. The molecule has 3 rings (SSSR count). The minimum atomic E-state index is -0.248. The molecule has 7 heteroatoms. The van der Waals surface area contributed by atoms with E-state index in [-0.39, 0.29) is 17.9 Å². The Kier molecular flexibility index (Phi) is 4.03. The highest BCUT2D eigenvalue weighted by Crippen LogP contribution is 2.25. The Balaban J connectivity index is 1.69. The first-order chi connectivity index (χ1) is 10.1. The van der Waals surface area contributed by atoms with Crippen molar-refractivity contribution in [2.45, 2.75) is 25.9 Å². The molecule has 21 heavy (non-hydrogen) atoms. The number of amides is 1. The van der Waals surface area contributed by atoms with Crippen LogP contribution in [-0.4, -0.2) is 45.7 Å². The van der Waals surface area contributed by atoms with Crippen molar-refractivity contribution in [1.82, 2.24) is 20.1 Å². The zero-order valence-corrected chi connectivity index (χ0v) is 12.9. The first-order valence-corrected chi connectivity index (χ1v) is 7.91. The van der Waals surface area contributed by atoms with Gasteiger partial charge >= 0.3 is 0 Å². The third kappa shape index (κ3) is 2.98. The van der Waals surface area contributed by atoms with Gasteiger partial charge in [-0.3, -0.25) is 9.89 Å². The van der Waals surface area contributed by atoms with E-state index in [0.717, 1.165) is 11.4 Å². The molecule has 6 nitrogen and oxygen atoms in total. The van der Waals surface area contributed by atoms with Crippen molar-refractivity contribution in [3.05, 3.63) is 34.0 Å². The van der Waals surface area contributed by atoms with E-state index in [0.29, 0.717) is 25.5 Å². The number of rotatable bonds is 3. The fraction of sp³-hybridized carbons (Fsp3) is 0.500. The van der Waals surface area contributed by atoms with Crippen molar-refractivity contribution < 1.29 is 9.53 Å². The van der Waals surface area contributed by atoms with Gasteiger partial charge in [0.05, 0.1) is 19.1 Å². The summed E-state index contributed by atoms with van der Waals surface area (Å²) < 4.78 is 5.69. The van der Waals surface area contributed by atoms with Crippen LogP contribution in [0.25, 0.3) is 0 Å². The molecule has 1 aliphatic heterocycles. The number of hydrogen-bond acceptors (Lipinski definition) is 5. The molecular formula is C14H18N4O2S. The average Bonchev–Trinajstić information content (AvgIpc) is 3.17. The average molecular weight is 306 g/mol. The third-order valence-electron chi connectivity index (χ3n) is 3.69. The largest absolute Gasteiger partial charge is 0.366 e. The number of thiophene rings is 1. The van der Waals surface area contributed by atoms with E-state index in [1.54, 1.807) is 11.3 Å². The zero-order valence-electron chi connectivity index (χ0n) is 12.1. The fourth-order valence-corrected chi connectivity index (χ4v) is 3.20. The van der Waals surface area contributed by atoms with Crippen LogP contribution in [0.15, 0.2) is 16.8 Å². The molecule has 0 bridgehead atoms. The number of carbonyl (C=O) groups excluding carboxylic acids is 1. The molecule has 112 valence electrons. The number of H-pyrrole nitrogens is 1. The van der Waals surface area contributed by atoms with Gasteiger partial charge in [-0.2, -0.15) is 16.4 Å². The molecule has 3 heterocycles. The second kappa shape index (κ2) is 5.95. The number of nitrogens with zero attached hydrogens (tertiary/aromatic N) is 3. The Labute approximate surface area is 127 Å². The lowest BCUT2D eigenvalue weighted by atomic mass is 10.0. The van der Waals surface area contributed by atoms with Gasteiger partial charge in [-0.15, -0.1) is 0 Å². The summed E-state index contributed by atoms with van der Waals surface area (Å²) in [5.74, 6) is 1.38. The van der Waals surface area contributed by atoms with Crippen molar-refractivity contribution in [2.24, 2.45) is 0 Å². The van der Waals surface area contributed by atoms with Crippen LogP contribution >= 0.6 is 11.3 Å². The van der Waals surface area contributed by atoms with Crippen LogP contribution in [-0.2, 0) is 9.53 Å². The highest BCUT2D eigenvalue weighted by molar-refractivity contribution is 7.08. The van der Waals surface area contributed by atoms with Crippen LogP contribution in [0.5, 0.6) is 0 Å². The molecule has 1 saturated heterocycles. The summed E-state index contributed by atoms with van der Waals surface area (Å²) >= 11 is 1.61.